The van der Waals surface area contributed by atoms with Crippen molar-refractivity contribution in [2.75, 3.05) is 40.9 Å². The van der Waals surface area contributed by atoms with Crippen LogP contribution in [0.15, 0.2) is 24.3 Å². The van der Waals surface area contributed by atoms with Crippen molar-refractivity contribution < 1.29 is 32.9 Å². The molecule has 0 rings (SSSR count). The highest BCUT2D eigenvalue weighted by Crippen LogP contribution is 2.38. The molecule has 0 aromatic heterocycles. The van der Waals surface area contributed by atoms with Crippen molar-refractivity contribution in [1.82, 2.24) is 5.32 Å². The number of carbonyl (C=O) groups is 1. The molecule has 0 aliphatic heterocycles. The Hall–Kier alpha value is -1.02. The minimum atomic E-state index is -4.59. The summed E-state index contributed by atoms with van der Waals surface area (Å²) in [6, 6.07) is -0.888. The third-order valence-corrected chi connectivity index (χ3v) is 11.9. The summed E-state index contributed by atoms with van der Waals surface area (Å²) in [7, 11) is 1.26. The molecular formula is C48H95N2O6P. The summed E-state index contributed by atoms with van der Waals surface area (Å²) in [5.74, 6) is -0.204. The maximum atomic E-state index is 12.9. The first kappa shape index (κ1) is 56.0. The van der Waals surface area contributed by atoms with E-state index in [0.717, 1.165) is 51.4 Å². The van der Waals surface area contributed by atoms with E-state index in [1.807, 2.05) is 27.2 Å². The van der Waals surface area contributed by atoms with Crippen LogP contribution in [0.4, 0.5) is 0 Å². The van der Waals surface area contributed by atoms with Gasteiger partial charge in [0.15, 0.2) is 0 Å². The number of amides is 1. The van der Waals surface area contributed by atoms with Gasteiger partial charge in [0.1, 0.15) is 13.2 Å². The molecule has 0 saturated heterocycles. The zero-order valence-electron chi connectivity index (χ0n) is 38.3. The van der Waals surface area contributed by atoms with Crippen LogP contribution < -0.4 is 10.2 Å². The van der Waals surface area contributed by atoms with Gasteiger partial charge in [0.05, 0.1) is 39.9 Å². The Labute approximate surface area is 354 Å². The number of nitrogens with zero attached hydrogens (tertiary/aromatic N) is 1. The Morgan fingerprint density at radius 3 is 1.37 bits per heavy atom. The van der Waals surface area contributed by atoms with E-state index in [4.69, 9.17) is 9.05 Å². The Bertz CT molecular complexity index is 984. The molecule has 0 saturated carbocycles. The molecule has 0 aliphatic rings. The summed E-state index contributed by atoms with van der Waals surface area (Å²) < 4.78 is 23.2. The number of unbranched alkanes of at least 4 members (excludes halogenated alkanes) is 29. The Balaban J connectivity index is 4.37. The van der Waals surface area contributed by atoms with Crippen LogP contribution in [0.25, 0.3) is 0 Å². The van der Waals surface area contributed by atoms with Gasteiger partial charge in [0, 0.05) is 6.42 Å². The van der Waals surface area contributed by atoms with Crippen LogP contribution in [0, 0.1) is 0 Å². The lowest BCUT2D eigenvalue weighted by atomic mass is 10.0. The minimum Gasteiger partial charge on any atom is -0.756 e. The molecule has 338 valence electrons. The van der Waals surface area contributed by atoms with Gasteiger partial charge in [-0.1, -0.05) is 199 Å². The number of nitrogens with one attached hydrogen (secondary N) is 1. The SMILES string of the molecule is CCCCCCCCC/C=C\CCCCCCCC(=O)NC(COP(=O)([O-])OCC[N+](C)(C)C)C(O)/C=C/CCCCCCCCCCCCCCCCCCC. The van der Waals surface area contributed by atoms with Crippen molar-refractivity contribution in [2.24, 2.45) is 0 Å². The largest absolute Gasteiger partial charge is 0.756 e. The predicted octanol–water partition coefficient (Wildman–Crippen LogP) is 13.1. The van der Waals surface area contributed by atoms with Gasteiger partial charge < -0.3 is 28.8 Å². The van der Waals surface area contributed by atoms with Gasteiger partial charge in [-0.2, -0.15) is 0 Å². The van der Waals surface area contributed by atoms with Gasteiger partial charge >= 0.3 is 0 Å². The van der Waals surface area contributed by atoms with Crippen LogP contribution in [-0.4, -0.2) is 68.5 Å². The summed E-state index contributed by atoms with van der Waals surface area (Å²) in [4.78, 5) is 25.3. The van der Waals surface area contributed by atoms with Gasteiger partial charge in [0.25, 0.3) is 7.82 Å². The first-order chi connectivity index (χ1) is 27.5. The molecule has 9 heteroatoms. The molecule has 1 amide bonds. The standard InChI is InChI=1S/C48H95N2O6P/c1-6-8-10-12-14-16-18-20-22-24-25-26-27-29-31-33-35-37-39-41-47(51)46(45-56-57(53,54)55-44-43-50(3,4)5)49-48(52)42-40-38-36-34-32-30-28-23-21-19-17-15-13-11-9-7-2/h23,28,39,41,46-47,51H,6-22,24-27,29-38,40,42-45H2,1-5H3,(H-,49,52,53,54)/b28-23-,41-39+. The molecule has 0 fully saturated rings. The second-order valence-corrected chi connectivity index (χ2v) is 19.2. The molecule has 8 nitrogen and oxygen atoms in total. The lowest BCUT2D eigenvalue weighted by Crippen LogP contribution is -2.45. The number of phosphoric ester groups is 1. The zero-order valence-corrected chi connectivity index (χ0v) is 39.2. The molecule has 0 heterocycles. The Morgan fingerprint density at radius 1 is 0.596 bits per heavy atom. The molecule has 0 bridgehead atoms. The molecule has 0 aromatic carbocycles. The number of phosphoric acid groups is 1. The number of rotatable bonds is 44. The van der Waals surface area contributed by atoms with Crippen LogP contribution in [0.1, 0.15) is 226 Å². The van der Waals surface area contributed by atoms with E-state index < -0.39 is 20.0 Å². The molecule has 0 aliphatic carbocycles. The van der Waals surface area contributed by atoms with Crippen molar-refractivity contribution in [3.63, 3.8) is 0 Å². The highest BCUT2D eigenvalue weighted by Gasteiger charge is 2.23. The Morgan fingerprint density at radius 2 is 0.965 bits per heavy atom. The van der Waals surface area contributed by atoms with Crippen LogP contribution >= 0.6 is 7.82 Å². The number of aliphatic hydroxyl groups excluding tert-OH is 1. The molecule has 0 aromatic rings. The summed E-state index contributed by atoms with van der Waals surface area (Å²) in [6.45, 7) is 4.65. The highest BCUT2D eigenvalue weighted by molar-refractivity contribution is 7.45. The average Bonchev–Trinajstić information content (AvgIpc) is 3.16. The summed E-state index contributed by atoms with van der Waals surface area (Å²) >= 11 is 0. The fraction of sp³-hybridized carbons (Fsp3) is 0.896. The number of aliphatic hydroxyl groups is 1. The lowest BCUT2D eigenvalue weighted by Gasteiger charge is -2.29. The third-order valence-electron chi connectivity index (χ3n) is 10.9. The fourth-order valence-electron chi connectivity index (χ4n) is 7.03. The normalized spacial score (nSPS) is 14.4. The Kier molecular flexibility index (Phi) is 39.7. The van der Waals surface area contributed by atoms with E-state index in [9.17, 15) is 19.4 Å². The minimum absolute atomic E-state index is 0.00133. The number of allylic oxidation sites excluding steroid dienone is 3. The number of hydrogen-bond donors (Lipinski definition) is 2. The van der Waals surface area contributed by atoms with Gasteiger partial charge in [0.2, 0.25) is 5.91 Å². The zero-order chi connectivity index (χ0) is 42.1. The second kappa shape index (κ2) is 40.4. The van der Waals surface area contributed by atoms with E-state index in [2.05, 4.69) is 31.3 Å². The number of carbonyl (C=O) groups excluding carboxylic acids is 1. The number of quaternary nitrogens is 1. The summed E-state index contributed by atoms with van der Waals surface area (Å²) in [5.41, 5.74) is 0. The molecular weight excluding hydrogens is 732 g/mol. The van der Waals surface area contributed by atoms with Gasteiger partial charge in [-0.05, 0) is 44.9 Å². The van der Waals surface area contributed by atoms with Crippen molar-refractivity contribution in [3.05, 3.63) is 24.3 Å². The molecule has 0 spiro atoms. The fourth-order valence-corrected chi connectivity index (χ4v) is 7.75. The average molecular weight is 827 g/mol. The number of likely N-dealkylation sites (N-methyl/N-ethyl adjacent to an activating group) is 1. The van der Waals surface area contributed by atoms with Crippen LogP contribution in [0.2, 0.25) is 0 Å². The highest BCUT2D eigenvalue weighted by atomic mass is 31.2. The maximum Gasteiger partial charge on any atom is 0.268 e. The molecule has 3 unspecified atom stereocenters. The van der Waals surface area contributed by atoms with Crippen molar-refractivity contribution in [2.45, 2.75) is 238 Å². The van der Waals surface area contributed by atoms with Crippen molar-refractivity contribution in [3.8, 4) is 0 Å². The second-order valence-electron chi connectivity index (χ2n) is 17.8. The van der Waals surface area contributed by atoms with E-state index in [-0.39, 0.29) is 19.1 Å². The first-order valence-corrected chi connectivity index (χ1v) is 25.7. The molecule has 2 N–H and O–H groups in total. The smallest absolute Gasteiger partial charge is 0.268 e. The van der Waals surface area contributed by atoms with Gasteiger partial charge in [-0.3, -0.25) is 9.36 Å². The molecule has 57 heavy (non-hydrogen) atoms. The van der Waals surface area contributed by atoms with Crippen molar-refractivity contribution >= 4 is 13.7 Å². The summed E-state index contributed by atoms with van der Waals surface area (Å²) in [5, 5.41) is 13.8. The third kappa shape index (κ3) is 42.9. The van der Waals surface area contributed by atoms with Gasteiger partial charge in [-0.15, -0.1) is 0 Å². The van der Waals surface area contributed by atoms with E-state index in [0.29, 0.717) is 17.4 Å². The van der Waals surface area contributed by atoms with Crippen LogP contribution in [0.5, 0.6) is 0 Å². The quantitative estimate of drug-likeness (QED) is 0.0274. The van der Waals surface area contributed by atoms with E-state index >= 15 is 0 Å². The van der Waals surface area contributed by atoms with Crippen molar-refractivity contribution in [1.29, 1.82) is 0 Å². The molecule has 0 radical (unpaired) electrons. The van der Waals surface area contributed by atoms with E-state index in [1.54, 1.807) is 6.08 Å². The van der Waals surface area contributed by atoms with Crippen LogP contribution in [0.3, 0.4) is 0 Å². The van der Waals surface area contributed by atoms with E-state index in [1.165, 1.54) is 154 Å². The lowest BCUT2D eigenvalue weighted by molar-refractivity contribution is -0.870. The molecule has 3 atom stereocenters. The first-order valence-electron chi connectivity index (χ1n) is 24.2. The monoisotopic (exact) mass is 827 g/mol. The topological polar surface area (TPSA) is 108 Å². The van der Waals surface area contributed by atoms with Gasteiger partial charge in [-0.25, -0.2) is 0 Å². The number of hydrogen-bond acceptors (Lipinski definition) is 6. The van der Waals surface area contributed by atoms with Crippen LogP contribution in [-0.2, 0) is 18.4 Å². The predicted molar refractivity (Wildman–Crippen MR) is 242 cm³/mol. The maximum absolute atomic E-state index is 12.9. The summed E-state index contributed by atoms with van der Waals surface area (Å²) in [6.07, 6.45) is 47.9.